The van der Waals surface area contributed by atoms with E-state index in [2.05, 4.69) is 33.1 Å². The molecule has 2 aromatic rings. The normalized spacial score (nSPS) is 10.6. The van der Waals surface area contributed by atoms with Gasteiger partial charge in [0, 0.05) is 29.4 Å². The molecule has 1 amide bonds. The molecule has 0 heterocycles. The molecule has 0 bridgehead atoms. The number of phenols is 1. The second-order valence-corrected chi connectivity index (χ2v) is 6.55. The number of nitrogens with one attached hydrogen (secondary N) is 3. The summed E-state index contributed by atoms with van der Waals surface area (Å²) in [7, 11) is 0. The minimum atomic E-state index is -0.216. The van der Waals surface area contributed by atoms with Gasteiger partial charge in [0.25, 0.3) is 0 Å². The number of benzene rings is 2. The van der Waals surface area contributed by atoms with Gasteiger partial charge in [-0.25, -0.2) is 4.99 Å². The monoisotopic (exact) mass is 500 g/mol. The molecule has 27 heavy (non-hydrogen) atoms. The van der Waals surface area contributed by atoms with E-state index in [4.69, 9.17) is 0 Å². The molecule has 0 aliphatic heterocycles. The zero-order valence-electron chi connectivity index (χ0n) is 15.1. The maximum absolute atomic E-state index is 12.0. The lowest BCUT2D eigenvalue weighted by molar-refractivity contribution is -0.114. The van der Waals surface area contributed by atoms with Crippen LogP contribution in [0.2, 0.25) is 0 Å². The SMILES string of the molecule is CCNC(=NCC(=O)Nc1ccc(O)cc1)NCCSc1ccccc1.I. The average molecular weight is 500 g/mol. The van der Waals surface area contributed by atoms with Gasteiger partial charge in [-0.2, -0.15) is 0 Å². The average Bonchev–Trinajstić information content (AvgIpc) is 2.66. The number of nitrogens with zero attached hydrogens (tertiary/aromatic N) is 1. The van der Waals surface area contributed by atoms with Crippen LogP contribution in [-0.2, 0) is 4.79 Å². The first-order valence-electron chi connectivity index (χ1n) is 8.46. The summed E-state index contributed by atoms with van der Waals surface area (Å²) in [5.41, 5.74) is 0.625. The van der Waals surface area contributed by atoms with Crippen LogP contribution in [0.25, 0.3) is 0 Å². The Labute approximate surface area is 181 Å². The third kappa shape index (κ3) is 9.53. The maximum atomic E-state index is 12.0. The van der Waals surface area contributed by atoms with Crippen molar-refractivity contribution in [3.63, 3.8) is 0 Å². The fourth-order valence-corrected chi connectivity index (χ4v) is 2.88. The Bertz CT molecular complexity index is 711. The van der Waals surface area contributed by atoms with E-state index < -0.39 is 0 Å². The number of halogens is 1. The van der Waals surface area contributed by atoms with Gasteiger partial charge >= 0.3 is 0 Å². The fraction of sp³-hybridized carbons (Fsp3) is 0.263. The van der Waals surface area contributed by atoms with Gasteiger partial charge in [-0.15, -0.1) is 35.7 Å². The summed E-state index contributed by atoms with van der Waals surface area (Å²) in [6.45, 7) is 3.46. The second-order valence-electron chi connectivity index (χ2n) is 5.38. The van der Waals surface area contributed by atoms with Crippen LogP contribution in [0, 0.1) is 0 Å². The third-order valence-corrected chi connectivity index (χ3v) is 4.30. The summed E-state index contributed by atoms with van der Waals surface area (Å²) in [4.78, 5) is 17.5. The molecule has 4 N–H and O–H groups in total. The van der Waals surface area contributed by atoms with Crippen molar-refractivity contribution in [2.24, 2.45) is 4.99 Å². The van der Waals surface area contributed by atoms with E-state index in [1.807, 2.05) is 25.1 Å². The van der Waals surface area contributed by atoms with Crippen LogP contribution >= 0.6 is 35.7 Å². The first kappa shape index (κ1) is 23.1. The number of carbonyl (C=O) groups excluding carboxylic acids is 1. The van der Waals surface area contributed by atoms with Crippen LogP contribution in [0.1, 0.15) is 6.92 Å². The highest BCUT2D eigenvalue weighted by molar-refractivity contribution is 14.0. The van der Waals surface area contributed by atoms with E-state index in [0.717, 1.165) is 18.8 Å². The number of aliphatic imine (C=N–C) groups is 1. The van der Waals surface area contributed by atoms with Crippen molar-refractivity contribution >= 4 is 53.3 Å². The van der Waals surface area contributed by atoms with Crippen molar-refractivity contribution in [2.75, 3.05) is 30.7 Å². The van der Waals surface area contributed by atoms with E-state index >= 15 is 0 Å². The lowest BCUT2D eigenvalue weighted by Gasteiger charge is -2.11. The number of hydrogen-bond acceptors (Lipinski definition) is 4. The predicted molar refractivity (Wildman–Crippen MR) is 123 cm³/mol. The highest BCUT2D eigenvalue weighted by Gasteiger charge is 2.03. The van der Waals surface area contributed by atoms with E-state index in [-0.39, 0.29) is 42.2 Å². The molecule has 0 fully saturated rings. The number of anilines is 1. The second kappa shape index (κ2) is 13.3. The number of thioether (sulfide) groups is 1. The number of carbonyl (C=O) groups is 1. The molecule has 0 unspecified atom stereocenters. The molecule has 0 aliphatic carbocycles. The van der Waals surface area contributed by atoms with Crippen LogP contribution in [0.3, 0.4) is 0 Å². The lowest BCUT2D eigenvalue weighted by Crippen LogP contribution is -2.39. The number of amides is 1. The summed E-state index contributed by atoms with van der Waals surface area (Å²) < 4.78 is 0. The molecule has 0 atom stereocenters. The Morgan fingerprint density at radius 1 is 1.07 bits per heavy atom. The highest BCUT2D eigenvalue weighted by Crippen LogP contribution is 2.15. The van der Waals surface area contributed by atoms with Gasteiger partial charge in [0.15, 0.2) is 5.96 Å². The van der Waals surface area contributed by atoms with Crippen molar-refractivity contribution < 1.29 is 9.90 Å². The standard InChI is InChI=1S/C19H24N4O2S.HI/c1-2-20-19(21-12-13-26-17-6-4-3-5-7-17)22-14-18(25)23-15-8-10-16(24)11-9-15;/h3-11,24H,2,12-14H2,1H3,(H,23,25)(H2,20,21,22);1H. The molecule has 0 aromatic heterocycles. The smallest absolute Gasteiger partial charge is 0.246 e. The summed E-state index contributed by atoms with van der Waals surface area (Å²) in [6.07, 6.45) is 0. The maximum Gasteiger partial charge on any atom is 0.246 e. The van der Waals surface area contributed by atoms with Crippen molar-refractivity contribution in [3.05, 3.63) is 54.6 Å². The quantitative estimate of drug-likeness (QED) is 0.112. The first-order chi connectivity index (χ1) is 12.7. The van der Waals surface area contributed by atoms with Gasteiger partial charge in [0.1, 0.15) is 12.3 Å². The molecule has 2 rings (SSSR count). The Hall–Kier alpha value is -1.94. The number of rotatable bonds is 8. The van der Waals surface area contributed by atoms with Gasteiger partial charge in [0.2, 0.25) is 5.91 Å². The molecule has 2 aromatic carbocycles. The number of aromatic hydroxyl groups is 1. The van der Waals surface area contributed by atoms with Gasteiger partial charge in [-0.3, -0.25) is 4.79 Å². The lowest BCUT2D eigenvalue weighted by atomic mass is 10.3. The first-order valence-corrected chi connectivity index (χ1v) is 9.45. The number of hydrogen-bond donors (Lipinski definition) is 4. The van der Waals surface area contributed by atoms with E-state index in [0.29, 0.717) is 11.6 Å². The molecule has 146 valence electrons. The molecule has 0 radical (unpaired) electrons. The van der Waals surface area contributed by atoms with Crippen LogP contribution in [0.15, 0.2) is 64.5 Å². The molecule has 0 saturated carbocycles. The van der Waals surface area contributed by atoms with Gasteiger partial charge in [0.05, 0.1) is 0 Å². The molecule has 8 heteroatoms. The van der Waals surface area contributed by atoms with Gasteiger partial charge < -0.3 is 21.1 Å². The summed E-state index contributed by atoms with van der Waals surface area (Å²) in [6, 6.07) is 16.5. The highest BCUT2D eigenvalue weighted by atomic mass is 127. The Balaban J connectivity index is 0.00000364. The van der Waals surface area contributed by atoms with Crippen LogP contribution in [0.4, 0.5) is 5.69 Å². The van der Waals surface area contributed by atoms with E-state index in [1.54, 1.807) is 23.9 Å². The molecule has 0 spiro atoms. The minimum Gasteiger partial charge on any atom is -0.508 e. The summed E-state index contributed by atoms with van der Waals surface area (Å²) in [5.74, 6) is 1.45. The van der Waals surface area contributed by atoms with Gasteiger partial charge in [-0.05, 0) is 43.3 Å². The Morgan fingerprint density at radius 3 is 2.44 bits per heavy atom. The van der Waals surface area contributed by atoms with Crippen LogP contribution < -0.4 is 16.0 Å². The third-order valence-electron chi connectivity index (χ3n) is 3.28. The zero-order chi connectivity index (χ0) is 18.6. The van der Waals surface area contributed by atoms with Crippen molar-refractivity contribution in [2.45, 2.75) is 11.8 Å². The fourth-order valence-electron chi connectivity index (χ4n) is 2.09. The zero-order valence-corrected chi connectivity index (χ0v) is 18.3. The Kier molecular flexibility index (Phi) is 11.3. The van der Waals surface area contributed by atoms with Crippen LogP contribution in [0.5, 0.6) is 5.75 Å². The largest absolute Gasteiger partial charge is 0.508 e. The van der Waals surface area contributed by atoms with Gasteiger partial charge in [-0.1, -0.05) is 18.2 Å². The van der Waals surface area contributed by atoms with E-state index in [9.17, 15) is 9.90 Å². The molecular formula is C19H25IN4O2S. The molecule has 0 saturated heterocycles. The topological polar surface area (TPSA) is 85.8 Å². The van der Waals surface area contributed by atoms with Crippen molar-refractivity contribution in [3.8, 4) is 5.75 Å². The number of guanidine groups is 1. The molecule has 0 aliphatic rings. The summed E-state index contributed by atoms with van der Waals surface area (Å²) >= 11 is 1.76. The Morgan fingerprint density at radius 2 is 1.78 bits per heavy atom. The molecule has 6 nitrogen and oxygen atoms in total. The predicted octanol–water partition coefficient (Wildman–Crippen LogP) is 3.30. The van der Waals surface area contributed by atoms with Crippen LogP contribution in [-0.4, -0.2) is 42.4 Å². The van der Waals surface area contributed by atoms with Crippen molar-refractivity contribution in [1.29, 1.82) is 0 Å². The summed E-state index contributed by atoms with van der Waals surface area (Å²) in [5, 5.41) is 18.3. The number of phenolic OH excluding ortho intramolecular Hbond substituents is 1. The minimum absolute atomic E-state index is 0. The van der Waals surface area contributed by atoms with E-state index in [1.165, 1.54) is 17.0 Å². The van der Waals surface area contributed by atoms with Crippen molar-refractivity contribution in [1.82, 2.24) is 10.6 Å². The molecular weight excluding hydrogens is 475 g/mol.